The second-order valence-electron chi connectivity index (χ2n) is 11.5. The summed E-state index contributed by atoms with van der Waals surface area (Å²) < 4.78 is 16.3. The summed E-state index contributed by atoms with van der Waals surface area (Å²) in [5.41, 5.74) is 0. The molecule has 0 amide bonds. The Morgan fingerprint density at radius 1 is 0.500 bits per heavy atom. The molecule has 0 aliphatic carbocycles. The molecule has 0 fully saturated rings. The maximum atomic E-state index is 12.4. The standard InChI is InChI=1S/C33H63NO6/c1-5-7-9-11-13-15-17-19-21-24-31(35)38-28-30(29-39-32(36)26-23-27-34(3)4)40-33(37)25-22-20-18-16-14-12-10-8-6-2/h30H,5-29H2,1-4H3/t30-/m1/s1. The van der Waals surface area contributed by atoms with Gasteiger partial charge in [0.15, 0.2) is 6.10 Å². The number of ether oxygens (including phenoxy) is 3. The van der Waals surface area contributed by atoms with E-state index in [2.05, 4.69) is 13.8 Å². The van der Waals surface area contributed by atoms with Crippen LogP contribution in [0.1, 0.15) is 155 Å². The summed E-state index contributed by atoms with van der Waals surface area (Å²) in [5, 5.41) is 0. The molecule has 0 aromatic carbocycles. The first-order valence-corrected chi connectivity index (χ1v) is 16.5. The third kappa shape index (κ3) is 27.9. The molecule has 0 aliphatic heterocycles. The molecule has 0 bridgehead atoms. The van der Waals surface area contributed by atoms with Crippen molar-refractivity contribution in [3.63, 3.8) is 0 Å². The molecule has 7 heteroatoms. The highest BCUT2D eigenvalue weighted by Gasteiger charge is 2.19. The predicted molar refractivity (Wildman–Crippen MR) is 163 cm³/mol. The Labute approximate surface area is 246 Å². The van der Waals surface area contributed by atoms with Crippen molar-refractivity contribution in [2.24, 2.45) is 0 Å². The Morgan fingerprint density at radius 2 is 0.850 bits per heavy atom. The molecule has 0 radical (unpaired) electrons. The van der Waals surface area contributed by atoms with Crippen molar-refractivity contribution in [3.8, 4) is 0 Å². The van der Waals surface area contributed by atoms with Crippen LogP contribution in [0.5, 0.6) is 0 Å². The highest BCUT2D eigenvalue weighted by molar-refractivity contribution is 5.71. The largest absolute Gasteiger partial charge is 0.462 e. The summed E-state index contributed by atoms with van der Waals surface area (Å²) in [6.07, 6.45) is 22.1. The van der Waals surface area contributed by atoms with E-state index in [1.54, 1.807) is 0 Å². The third-order valence-electron chi connectivity index (χ3n) is 7.11. The van der Waals surface area contributed by atoms with Gasteiger partial charge in [0, 0.05) is 19.3 Å². The van der Waals surface area contributed by atoms with Gasteiger partial charge in [-0.05, 0) is 39.9 Å². The van der Waals surface area contributed by atoms with E-state index in [0.29, 0.717) is 25.7 Å². The zero-order valence-electron chi connectivity index (χ0n) is 26.7. The normalized spacial score (nSPS) is 11.9. The molecule has 7 nitrogen and oxygen atoms in total. The molecular formula is C33H63NO6. The lowest BCUT2D eigenvalue weighted by Crippen LogP contribution is -2.31. The first-order valence-electron chi connectivity index (χ1n) is 16.5. The summed E-state index contributed by atoms with van der Waals surface area (Å²) in [4.78, 5) is 38.8. The Hall–Kier alpha value is -1.63. The second-order valence-corrected chi connectivity index (χ2v) is 11.5. The van der Waals surface area contributed by atoms with Gasteiger partial charge in [0.2, 0.25) is 0 Å². The number of carbonyl (C=O) groups excluding carboxylic acids is 3. The van der Waals surface area contributed by atoms with Crippen LogP contribution in [0.2, 0.25) is 0 Å². The molecule has 0 aliphatic rings. The van der Waals surface area contributed by atoms with Crippen molar-refractivity contribution >= 4 is 17.9 Å². The number of carbonyl (C=O) groups is 3. The molecule has 0 heterocycles. The molecule has 0 saturated heterocycles. The van der Waals surface area contributed by atoms with Crippen molar-refractivity contribution in [1.29, 1.82) is 0 Å². The Kier molecular flexibility index (Phi) is 27.7. The van der Waals surface area contributed by atoms with E-state index < -0.39 is 6.10 Å². The average molecular weight is 570 g/mol. The number of esters is 3. The highest BCUT2D eigenvalue weighted by atomic mass is 16.6. The van der Waals surface area contributed by atoms with Crippen LogP contribution in [0, 0.1) is 0 Å². The number of rotatable bonds is 29. The van der Waals surface area contributed by atoms with E-state index in [0.717, 1.165) is 45.1 Å². The van der Waals surface area contributed by atoms with Crippen LogP contribution in [0.3, 0.4) is 0 Å². The van der Waals surface area contributed by atoms with Crippen LogP contribution in [-0.2, 0) is 28.6 Å². The van der Waals surface area contributed by atoms with E-state index >= 15 is 0 Å². The topological polar surface area (TPSA) is 82.1 Å². The molecule has 0 spiro atoms. The minimum Gasteiger partial charge on any atom is -0.462 e. The minimum absolute atomic E-state index is 0.0786. The van der Waals surface area contributed by atoms with Crippen molar-refractivity contribution in [3.05, 3.63) is 0 Å². The van der Waals surface area contributed by atoms with Crippen LogP contribution in [0.15, 0.2) is 0 Å². The zero-order chi connectivity index (χ0) is 29.7. The van der Waals surface area contributed by atoms with E-state index in [1.165, 1.54) is 77.0 Å². The maximum Gasteiger partial charge on any atom is 0.306 e. The van der Waals surface area contributed by atoms with Crippen molar-refractivity contribution in [1.82, 2.24) is 4.90 Å². The molecular weight excluding hydrogens is 506 g/mol. The zero-order valence-corrected chi connectivity index (χ0v) is 26.7. The predicted octanol–water partition coefficient (Wildman–Crippen LogP) is 8.17. The first-order chi connectivity index (χ1) is 19.4. The summed E-state index contributed by atoms with van der Waals surface area (Å²) in [5.74, 6) is -0.949. The number of unbranched alkanes of at least 4 members (excludes halogenated alkanes) is 16. The third-order valence-corrected chi connectivity index (χ3v) is 7.11. The molecule has 0 saturated carbocycles. The van der Waals surface area contributed by atoms with E-state index in [9.17, 15) is 14.4 Å². The fourth-order valence-electron chi connectivity index (χ4n) is 4.58. The molecule has 40 heavy (non-hydrogen) atoms. The Morgan fingerprint density at radius 3 is 1.25 bits per heavy atom. The molecule has 0 N–H and O–H groups in total. The summed E-state index contributed by atoms with van der Waals surface area (Å²) in [6.45, 7) is 5.08. The average Bonchev–Trinajstić information content (AvgIpc) is 2.92. The second kappa shape index (κ2) is 28.9. The monoisotopic (exact) mass is 569 g/mol. The minimum atomic E-state index is -0.768. The Bertz CT molecular complexity index is 610. The van der Waals surface area contributed by atoms with Crippen LogP contribution in [-0.4, -0.2) is 62.8 Å². The van der Waals surface area contributed by atoms with Gasteiger partial charge in [-0.15, -0.1) is 0 Å². The van der Waals surface area contributed by atoms with Crippen molar-refractivity contribution in [2.75, 3.05) is 33.9 Å². The number of hydrogen-bond donors (Lipinski definition) is 0. The summed E-state index contributed by atoms with van der Waals surface area (Å²) in [6, 6.07) is 0. The molecule has 0 unspecified atom stereocenters. The molecule has 1 atom stereocenters. The highest BCUT2D eigenvalue weighted by Crippen LogP contribution is 2.13. The molecule has 0 aromatic rings. The number of hydrogen-bond acceptors (Lipinski definition) is 7. The lowest BCUT2D eigenvalue weighted by Gasteiger charge is -2.18. The fourth-order valence-corrected chi connectivity index (χ4v) is 4.58. The SMILES string of the molecule is CCCCCCCCCCCC(=O)OC[C@H](COC(=O)CCCN(C)C)OC(=O)CCCCCCCCCCC. The quantitative estimate of drug-likeness (QED) is 0.0510. The van der Waals surface area contributed by atoms with Gasteiger partial charge in [0.1, 0.15) is 13.2 Å². The lowest BCUT2D eigenvalue weighted by atomic mass is 10.1. The Balaban J connectivity index is 4.31. The maximum absolute atomic E-state index is 12.4. The molecule has 0 rings (SSSR count). The van der Waals surface area contributed by atoms with Crippen molar-refractivity contribution in [2.45, 2.75) is 161 Å². The van der Waals surface area contributed by atoms with Crippen LogP contribution in [0.4, 0.5) is 0 Å². The van der Waals surface area contributed by atoms with Gasteiger partial charge in [-0.25, -0.2) is 0 Å². The van der Waals surface area contributed by atoms with Gasteiger partial charge >= 0.3 is 17.9 Å². The summed E-state index contributed by atoms with van der Waals surface area (Å²) in [7, 11) is 3.91. The van der Waals surface area contributed by atoms with Crippen molar-refractivity contribution < 1.29 is 28.6 Å². The number of nitrogens with zero attached hydrogens (tertiary/aromatic N) is 1. The van der Waals surface area contributed by atoms with Crippen LogP contribution < -0.4 is 0 Å². The van der Waals surface area contributed by atoms with E-state index in [4.69, 9.17) is 14.2 Å². The molecule has 0 aromatic heterocycles. The van der Waals surface area contributed by atoms with Crippen LogP contribution >= 0.6 is 0 Å². The van der Waals surface area contributed by atoms with Gasteiger partial charge < -0.3 is 19.1 Å². The first kappa shape index (κ1) is 38.4. The van der Waals surface area contributed by atoms with Gasteiger partial charge in [-0.3, -0.25) is 14.4 Å². The van der Waals surface area contributed by atoms with Gasteiger partial charge in [-0.2, -0.15) is 0 Å². The van der Waals surface area contributed by atoms with E-state index in [-0.39, 0.29) is 31.1 Å². The fraction of sp³-hybridized carbons (Fsp3) is 0.909. The van der Waals surface area contributed by atoms with Gasteiger partial charge in [-0.1, -0.05) is 117 Å². The van der Waals surface area contributed by atoms with Gasteiger partial charge in [0.25, 0.3) is 0 Å². The smallest absolute Gasteiger partial charge is 0.306 e. The molecule has 236 valence electrons. The van der Waals surface area contributed by atoms with Crippen LogP contribution in [0.25, 0.3) is 0 Å². The van der Waals surface area contributed by atoms with Gasteiger partial charge in [0.05, 0.1) is 0 Å². The summed E-state index contributed by atoms with van der Waals surface area (Å²) >= 11 is 0. The lowest BCUT2D eigenvalue weighted by molar-refractivity contribution is -0.167. The van der Waals surface area contributed by atoms with E-state index in [1.807, 2.05) is 19.0 Å².